The quantitative estimate of drug-likeness (QED) is 0.732. The molecule has 7 heteroatoms. The van der Waals surface area contributed by atoms with Gasteiger partial charge < -0.3 is 23.8 Å². The van der Waals surface area contributed by atoms with E-state index in [4.69, 9.17) is 24.2 Å². The number of nitrogens with zero attached hydrogens (tertiary/aromatic N) is 2. The lowest BCUT2D eigenvalue weighted by molar-refractivity contribution is -0.132. The second-order valence-electron chi connectivity index (χ2n) is 6.22. The van der Waals surface area contributed by atoms with Crippen LogP contribution in [0.1, 0.15) is 18.1 Å². The first-order valence-electron chi connectivity index (χ1n) is 9.03. The molecule has 0 aromatic heterocycles. The lowest BCUT2D eigenvalue weighted by atomic mass is 10.2. The van der Waals surface area contributed by atoms with Gasteiger partial charge >= 0.3 is 0 Å². The first-order valence-corrected chi connectivity index (χ1v) is 9.03. The van der Waals surface area contributed by atoms with E-state index in [0.29, 0.717) is 49.2 Å². The van der Waals surface area contributed by atoms with Gasteiger partial charge in [-0.3, -0.25) is 4.79 Å². The van der Waals surface area contributed by atoms with E-state index in [1.165, 1.54) is 0 Å². The van der Waals surface area contributed by atoms with Gasteiger partial charge in [-0.1, -0.05) is 6.07 Å². The highest BCUT2D eigenvalue weighted by atomic mass is 16.6. The van der Waals surface area contributed by atoms with Crippen molar-refractivity contribution in [3.63, 3.8) is 0 Å². The number of hydrogen-bond acceptors (Lipinski definition) is 6. The fraction of sp³-hybridized carbons (Fsp3) is 0.333. The Morgan fingerprint density at radius 2 is 1.89 bits per heavy atom. The Kier molecular flexibility index (Phi) is 6.22. The maximum Gasteiger partial charge on any atom is 0.260 e. The van der Waals surface area contributed by atoms with E-state index in [0.717, 1.165) is 11.3 Å². The molecule has 0 saturated heterocycles. The summed E-state index contributed by atoms with van der Waals surface area (Å²) < 4.78 is 22.2. The summed E-state index contributed by atoms with van der Waals surface area (Å²) in [5.74, 6) is 2.11. The van der Waals surface area contributed by atoms with Crippen LogP contribution in [-0.4, -0.2) is 44.3 Å². The molecule has 1 heterocycles. The SMILES string of the molecule is CCOc1cc(C#N)ccc1OCC(=O)N(C)Cc1ccc2c(c1)OCCO2. The maximum atomic E-state index is 12.5. The van der Waals surface area contributed by atoms with Gasteiger partial charge in [0.1, 0.15) is 13.2 Å². The van der Waals surface area contributed by atoms with Gasteiger partial charge in [0.15, 0.2) is 29.6 Å². The fourth-order valence-electron chi connectivity index (χ4n) is 2.76. The summed E-state index contributed by atoms with van der Waals surface area (Å²) in [6, 6.07) is 12.6. The molecule has 28 heavy (non-hydrogen) atoms. The molecule has 1 aliphatic rings. The topological polar surface area (TPSA) is 81.0 Å². The van der Waals surface area contributed by atoms with E-state index >= 15 is 0 Å². The summed E-state index contributed by atoms with van der Waals surface area (Å²) in [7, 11) is 1.71. The van der Waals surface area contributed by atoms with Crippen molar-refractivity contribution in [1.82, 2.24) is 4.90 Å². The summed E-state index contributed by atoms with van der Waals surface area (Å²) in [4.78, 5) is 14.0. The number of fused-ring (bicyclic) bond motifs is 1. The molecular weight excluding hydrogens is 360 g/mol. The molecular formula is C21H22N2O5. The molecule has 0 spiro atoms. The second-order valence-corrected chi connectivity index (χ2v) is 6.22. The molecule has 0 saturated carbocycles. The molecule has 0 radical (unpaired) electrons. The van der Waals surface area contributed by atoms with Crippen LogP contribution in [-0.2, 0) is 11.3 Å². The van der Waals surface area contributed by atoms with Crippen molar-refractivity contribution in [1.29, 1.82) is 5.26 Å². The van der Waals surface area contributed by atoms with Crippen molar-refractivity contribution in [2.45, 2.75) is 13.5 Å². The number of carbonyl (C=O) groups is 1. The molecule has 7 nitrogen and oxygen atoms in total. The highest BCUT2D eigenvalue weighted by Crippen LogP contribution is 2.31. The Labute approximate surface area is 164 Å². The van der Waals surface area contributed by atoms with Crippen LogP contribution >= 0.6 is 0 Å². The van der Waals surface area contributed by atoms with E-state index in [1.54, 1.807) is 30.1 Å². The zero-order chi connectivity index (χ0) is 19.9. The number of nitriles is 1. The van der Waals surface area contributed by atoms with Crippen molar-refractivity contribution in [3.05, 3.63) is 47.5 Å². The van der Waals surface area contributed by atoms with Crippen LogP contribution < -0.4 is 18.9 Å². The van der Waals surface area contributed by atoms with E-state index in [-0.39, 0.29) is 12.5 Å². The Bertz CT molecular complexity index is 891. The molecule has 0 unspecified atom stereocenters. The standard InChI is InChI=1S/C21H22N2O5/c1-3-25-19-10-15(12-22)4-6-18(19)28-14-21(24)23(2)13-16-5-7-17-20(11-16)27-9-8-26-17/h4-7,10-11H,3,8-9,13-14H2,1-2H3. The normalized spacial score (nSPS) is 12.0. The van der Waals surface area contributed by atoms with Crippen LogP contribution in [0.5, 0.6) is 23.0 Å². The molecule has 0 aliphatic carbocycles. The number of hydrogen-bond donors (Lipinski definition) is 0. The predicted octanol–water partition coefficient (Wildman–Crippen LogP) is 2.77. The van der Waals surface area contributed by atoms with Gasteiger partial charge in [-0.15, -0.1) is 0 Å². The second kappa shape index (κ2) is 9.00. The molecule has 1 amide bonds. The van der Waals surface area contributed by atoms with Crippen molar-refractivity contribution < 1.29 is 23.7 Å². The minimum Gasteiger partial charge on any atom is -0.490 e. The third-order valence-corrected chi connectivity index (χ3v) is 4.18. The average Bonchev–Trinajstić information content (AvgIpc) is 2.72. The third kappa shape index (κ3) is 4.65. The molecule has 1 aliphatic heterocycles. The zero-order valence-electron chi connectivity index (χ0n) is 15.9. The summed E-state index contributed by atoms with van der Waals surface area (Å²) in [6.07, 6.45) is 0. The van der Waals surface area contributed by atoms with Crippen LogP contribution in [0.3, 0.4) is 0 Å². The molecule has 0 atom stereocenters. The largest absolute Gasteiger partial charge is 0.490 e. The molecule has 2 aromatic carbocycles. The third-order valence-electron chi connectivity index (χ3n) is 4.18. The van der Waals surface area contributed by atoms with Gasteiger partial charge in [-0.25, -0.2) is 0 Å². The van der Waals surface area contributed by atoms with Crippen molar-refractivity contribution in [3.8, 4) is 29.1 Å². The number of rotatable bonds is 7. The summed E-state index contributed by atoms with van der Waals surface area (Å²) in [6.45, 7) is 3.63. The minimum absolute atomic E-state index is 0.132. The number of ether oxygens (including phenoxy) is 4. The number of carbonyl (C=O) groups excluding carboxylic acids is 1. The summed E-state index contributed by atoms with van der Waals surface area (Å²) >= 11 is 0. The fourth-order valence-corrected chi connectivity index (χ4v) is 2.76. The van der Waals surface area contributed by atoms with Crippen LogP contribution in [0.25, 0.3) is 0 Å². The van der Waals surface area contributed by atoms with Crippen molar-refractivity contribution in [2.24, 2.45) is 0 Å². The maximum absolute atomic E-state index is 12.5. The number of benzene rings is 2. The Morgan fingerprint density at radius 3 is 2.64 bits per heavy atom. The van der Waals surface area contributed by atoms with E-state index in [1.807, 2.05) is 25.1 Å². The first-order chi connectivity index (χ1) is 13.6. The summed E-state index contributed by atoms with van der Waals surface area (Å²) in [5, 5.41) is 9.00. The monoisotopic (exact) mass is 382 g/mol. The van der Waals surface area contributed by atoms with Crippen molar-refractivity contribution in [2.75, 3.05) is 33.5 Å². The highest BCUT2D eigenvalue weighted by molar-refractivity contribution is 5.77. The molecule has 0 fully saturated rings. The van der Waals surface area contributed by atoms with E-state index in [2.05, 4.69) is 6.07 Å². The van der Waals surface area contributed by atoms with Crippen molar-refractivity contribution >= 4 is 5.91 Å². The van der Waals surface area contributed by atoms with Gasteiger partial charge in [0.05, 0.1) is 18.2 Å². The predicted molar refractivity (Wildman–Crippen MR) is 102 cm³/mol. The summed E-state index contributed by atoms with van der Waals surface area (Å²) in [5.41, 5.74) is 1.41. The molecule has 3 rings (SSSR count). The average molecular weight is 382 g/mol. The Morgan fingerprint density at radius 1 is 1.11 bits per heavy atom. The first kappa shape index (κ1) is 19.4. The number of amides is 1. The van der Waals surface area contributed by atoms with E-state index in [9.17, 15) is 4.79 Å². The van der Waals surface area contributed by atoms with Crippen LogP contribution in [0, 0.1) is 11.3 Å². The lowest BCUT2D eigenvalue weighted by Crippen LogP contribution is -2.31. The highest BCUT2D eigenvalue weighted by Gasteiger charge is 2.16. The van der Waals surface area contributed by atoms with Gasteiger partial charge in [0, 0.05) is 19.7 Å². The van der Waals surface area contributed by atoms with Crippen LogP contribution in [0.15, 0.2) is 36.4 Å². The minimum atomic E-state index is -0.179. The van der Waals surface area contributed by atoms with Crippen LogP contribution in [0.4, 0.5) is 0 Å². The van der Waals surface area contributed by atoms with E-state index < -0.39 is 0 Å². The van der Waals surface area contributed by atoms with Gasteiger partial charge in [0.25, 0.3) is 5.91 Å². The van der Waals surface area contributed by atoms with Gasteiger partial charge in [0.2, 0.25) is 0 Å². The number of likely N-dealkylation sites (N-methyl/N-ethyl adjacent to an activating group) is 1. The van der Waals surface area contributed by atoms with Gasteiger partial charge in [-0.2, -0.15) is 5.26 Å². The van der Waals surface area contributed by atoms with Crippen LogP contribution in [0.2, 0.25) is 0 Å². The van der Waals surface area contributed by atoms with Gasteiger partial charge in [-0.05, 0) is 36.8 Å². The molecule has 0 N–H and O–H groups in total. The lowest BCUT2D eigenvalue weighted by Gasteiger charge is -2.21. The molecule has 2 aromatic rings. The molecule has 146 valence electrons. The Balaban J connectivity index is 1.60. The molecule has 0 bridgehead atoms. The smallest absolute Gasteiger partial charge is 0.260 e. The Hall–Kier alpha value is -3.40. The zero-order valence-corrected chi connectivity index (χ0v) is 15.9.